The van der Waals surface area contributed by atoms with Gasteiger partial charge in [-0.25, -0.2) is 0 Å². The lowest BCUT2D eigenvalue weighted by atomic mass is 9.85. The number of amides is 1. The van der Waals surface area contributed by atoms with E-state index in [0.717, 1.165) is 24.8 Å². The van der Waals surface area contributed by atoms with Crippen LogP contribution in [0.15, 0.2) is 18.2 Å². The van der Waals surface area contributed by atoms with E-state index in [9.17, 15) is 9.90 Å². The van der Waals surface area contributed by atoms with Gasteiger partial charge in [0.15, 0.2) is 0 Å². The van der Waals surface area contributed by atoms with E-state index in [1.54, 1.807) is 18.2 Å². The molecule has 1 amide bonds. The predicted molar refractivity (Wildman–Crippen MR) is 81.1 cm³/mol. The molecule has 1 aliphatic carbocycles. The van der Waals surface area contributed by atoms with Crippen LogP contribution in [0.25, 0.3) is 0 Å². The fourth-order valence-electron chi connectivity index (χ4n) is 2.77. The predicted octanol–water partition coefficient (Wildman–Crippen LogP) is 3.20. The largest absolute Gasteiger partial charge is 0.396 e. The molecule has 0 radical (unpaired) electrons. The highest BCUT2D eigenvalue weighted by Crippen LogP contribution is 2.37. The van der Waals surface area contributed by atoms with E-state index in [2.05, 4.69) is 5.32 Å². The van der Waals surface area contributed by atoms with E-state index in [0.29, 0.717) is 10.0 Å². The van der Waals surface area contributed by atoms with Crippen molar-refractivity contribution in [3.63, 3.8) is 0 Å². The third kappa shape index (κ3) is 3.46. The minimum absolute atomic E-state index is 0.0259. The second-order valence-electron chi connectivity index (χ2n) is 5.74. The van der Waals surface area contributed by atoms with Crippen LogP contribution in [0.2, 0.25) is 10.0 Å². The zero-order chi connectivity index (χ0) is 14.8. The molecule has 1 saturated carbocycles. The molecular weight excluding hydrogens is 297 g/mol. The molecule has 5 heteroatoms. The first-order chi connectivity index (χ1) is 9.44. The van der Waals surface area contributed by atoms with Crippen molar-refractivity contribution in [3.05, 3.63) is 33.8 Å². The summed E-state index contributed by atoms with van der Waals surface area (Å²) >= 11 is 12.0. The fourth-order valence-corrected chi connectivity index (χ4v) is 3.14. The minimum atomic E-state index is -0.214. The van der Waals surface area contributed by atoms with Crippen molar-refractivity contribution in [2.75, 3.05) is 6.61 Å². The summed E-state index contributed by atoms with van der Waals surface area (Å²) in [5.41, 5.74) is 0.508. The second-order valence-corrected chi connectivity index (χ2v) is 6.58. The first kappa shape index (κ1) is 15.6. The summed E-state index contributed by atoms with van der Waals surface area (Å²) < 4.78 is 0. The Hall–Kier alpha value is -0.770. The maximum atomic E-state index is 12.1. The maximum absolute atomic E-state index is 12.1. The number of halogens is 2. The lowest BCUT2D eigenvalue weighted by molar-refractivity contribution is -0.122. The van der Waals surface area contributed by atoms with Crippen molar-refractivity contribution in [3.8, 4) is 0 Å². The van der Waals surface area contributed by atoms with Gasteiger partial charge in [-0.3, -0.25) is 4.79 Å². The van der Waals surface area contributed by atoms with Crippen LogP contribution in [0.1, 0.15) is 31.7 Å². The standard InChI is InChI=1S/C15H19Cl2NO2/c1-15(9-19)6-2-3-13(15)18-14(20)8-10-7-11(16)4-5-12(10)17/h4-5,7,13,19H,2-3,6,8-9H2,1H3,(H,18,20). The Kier molecular flexibility index (Phi) is 4.95. The Morgan fingerprint density at radius 3 is 2.95 bits per heavy atom. The third-order valence-electron chi connectivity index (χ3n) is 4.14. The SMILES string of the molecule is CC1(CO)CCCC1NC(=O)Cc1cc(Cl)ccc1Cl. The lowest BCUT2D eigenvalue weighted by Gasteiger charge is -2.30. The highest BCUT2D eigenvalue weighted by molar-refractivity contribution is 6.33. The van der Waals surface area contributed by atoms with Crippen molar-refractivity contribution in [1.82, 2.24) is 5.32 Å². The summed E-state index contributed by atoms with van der Waals surface area (Å²) in [6.07, 6.45) is 3.08. The van der Waals surface area contributed by atoms with E-state index < -0.39 is 0 Å². The second kappa shape index (κ2) is 6.33. The van der Waals surface area contributed by atoms with E-state index in [-0.39, 0.29) is 30.4 Å². The normalized spacial score (nSPS) is 25.7. The minimum Gasteiger partial charge on any atom is -0.396 e. The summed E-state index contributed by atoms with van der Waals surface area (Å²) in [7, 11) is 0. The van der Waals surface area contributed by atoms with Gasteiger partial charge in [0, 0.05) is 21.5 Å². The monoisotopic (exact) mass is 315 g/mol. The number of aliphatic hydroxyl groups excluding tert-OH is 1. The van der Waals surface area contributed by atoms with Gasteiger partial charge in [-0.05, 0) is 36.6 Å². The van der Waals surface area contributed by atoms with Crippen LogP contribution >= 0.6 is 23.2 Å². The van der Waals surface area contributed by atoms with Crippen molar-refractivity contribution in [1.29, 1.82) is 0 Å². The van der Waals surface area contributed by atoms with Gasteiger partial charge >= 0.3 is 0 Å². The van der Waals surface area contributed by atoms with Gasteiger partial charge in [-0.1, -0.05) is 36.5 Å². The summed E-state index contributed by atoms with van der Waals surface area (Å²) in [6.45, 7) is 2.10. The number of aliphatic hydroxyl groups is 1. The molecule has 0 bridgehead atoms. The molecule has 0 aliphatic heterocycles. The van der Waals surface area contributed by atoms with Gasteiger partial charge in [0.2, 0.25) is 5.91 Å². The molecule has 2 unspecified atom stereocenters. The van der Waals surface area contributed by atoms with Crippen molar-refractivity contribution in [2.45, 2.75) is 38.6 Å². The Balaban J connectivity index is 2.01. The number of carbonyl (C=O) groups excluding carboxylic acids is 1. The van der Waals surface area contributed by atoms with Crippen molar-refractivity contribution < 1.29 is 9.90 Å². The molecule has 20 heavy (non-hydrogen) atoms. The number of benzene rings is 1. The van der Waals surface area contributed by atoms with Gasteiger partial charge in [-0.2, -0.15) is 0 Å². The molecule has 1 fully saturated rings. The molecule has 0 heterocycles. The van der Waals surface area contributed by atoms with Crippen molar-refractivity contribution >= 4 is 29.1 Å². The molecule has 2 N–H and O–H groups in total. The van der Waals surface area contributed by atoms with Crippen LogP contribution in [-0.4, -0.2) is 23.7 Å². The number of carbonyl (C=O) groups is 1. The molecule has 110 valence electrons. The zero-order valence-electron chi connectivity index (χ0n) is 11.5. The van der Waals surface area contributed by atoms with Gasteiger partial charge in [-0.15, -0.1) is 0 Å². The molecular formula is C15H19Cl2NO2. The third-order valence-corrected chi connectivity index (χ3v) is 4.74. The Morgan fingerprint density at radius 1 is 1.50 bits per heavy atom. The zero-order valence-corrected chi connectivity index (χ0v) is 13.0. The number of hydrogen-bond acceptors (Lipinski definition) is 2. The molecule has 0 spiro atoms. The van der Waals surface area contributed by atoms with Crippen LogP contribution in [0.5, 0.6) is 0 Å². The molecule has 0 saturated heterocycles. The molecule has 3 nitrogen and oxygen atoms in total. The average Bonchev–Trinajstić information content (AvgIpc) is 2.76. The highest BCUT2D eigenvalue weighted by atomic mass is 35.5. The molecule has 1 aromatic carbocycles. The fraction of sp³-hybridized carbons (Fsp3) is 0.533. The maximum Gasteiger partial charge on any atom is 0.224 e. The molecule has 2 atom stereocenters. The Labute approximate surface area is 129 Å². The van der Waals surface area contributed by atoms with E-state index in [1.165, 1.54) is 0 Å². The number of nitrogens with one attached hydrogen (secondary N) is 1. The molecule has 2 rings (SSSR count). The number of rotatable bonds is 4. The quantitative estimate of drug-likeness (QED) is 0.896. The summed E-state index contributed by atoms with van der Waals surface area (Å²) in [4.78, 5) is 12.1. The van der Waals surface area contributed by atoms with Gasteiger partial charge in [0.25, 0.3) is 0 Å². The van der Waals surface area contributed by atoms with Crippen LogP contribution in [-0.2, 0) is 11.2 Å². The van der Waals surface area contributed by atoms with Gasteiger partial charge < -0.3 is 10.4 Å². The summed E-state index contributed by atoms with van der Waals surface area (Å²) in [5, 5.41) is 13.6. The van der Waals surface area contributed by atoms with Gasteiger partial charge in [0.05, 0.1) is 13.0 Å². The average molecular weight is 316 g/mol. The van der Waals surface area contributed by atoms with Gasteiger partial charge in [0.1, 0.15) is 0 Å². The van der Waals surface area contributed by atoms with E-state index in [1.807, 2.05) is 6.92 Å². The number of hydrogen-bond donors (Lipinski definition) is 2. The molecule has 0 aromatic heterocycles. The van der Waals surface area contributed by atoms with Crippen LogP contribution in [0, 0.1) is 5.41 Å². The smallest absolute Gasteiger partial charge is 0.224 e. The first-order valence-electron chi connectivity index (χ1n) is 6.79. The van der Waals surface area contributed by atoms with Crippen LogP contribution in [0.4, 0.5) is 0 Å². The van der Waals surface area contributed by atoms with Crippen molar-refractivity contribution in [2.24, 2.45) is 5.41 Å². The van der Waals surface area contributed by atoms with Crippen LogP contribution < -0.4 is 5.32 Å². The highest BCUT2D eigenvalue weighted by Gasteiger charge is 2.38. The summed E-state index contributed by atoms with van der Waals surface area (Å²) in [6, 6.07) is 5.13. The Morgan fingerprint density at radius 2 is 2.25 bits per heavy atom. The van der Waals surface area contributed by atoms with Crippen LogP contribution in [0.3, 0.4) is 0 Å². The topological polar surface area (TPSA) is 49.3 Å². The van der Waals surface area contributed by atoms with E-state index >= 15 is 0 Å². The summed E-state index contributed by atoms with van der Waals surface area (Å²) in [5.74, 6) is -0.0826. The van der Waals surface area contributed by atoms with E-state index in [4.69, 9.17) is 23.2 Å². The first-order valence-corrected chi connectivity index (χ1v) is 7.54. The molecule has 1 aliphatic rings. The Bertz CT molecular complexity index is 507. The lowest BCUT2D eigenvalue weighted by Crippen LogP contribution is -2.45. The molecule has 1 aromatic rings.